The molecule has 0 aliphatic heterocycles. The Morgan fingerprint density at radius 1 is 0.739 bits per heavy atom. The van der Waals surface area contributed by atoms with Crippen molar-refractivity contribution >= 4 is 5.91 Å². The number of carbonyl (C=O) groups is 1. The summed E-state index contributed by atoms with van der Waals surface area (Å²) in [5.74, 6) is -0.518. The van der Waals surface area contributed by atoms with Gasteiger partial charge in [0, 0.05) is 5.56 Å². The third-order valence-corrected chi connectivity index (χ3v) is 3.95. The van der Waals surface area contributed by atoms with E-state index in [-0.39, 0.29) is 0 Å². The van der Waals surface area contributed by atoms with E-state index < -0.39 is 11.5 Å². The van der Waals surface area contributed by atoms with Crippen molar-refractivity contribution in [2.45, 2.75) is 5.60 Å². The van der Waals surface area contributed by atoms with E-state index in [1.807, 2.05) is 60.7 Å². The van der Waals surface area contributed by atoms with Gasteiger partial charge >= 0.3 is 0 Å². The Balaban J connectivity index is 2.25. The van der Waals surface area contributed by atoms with Crippen molar-refractivity contribution in [2.24, 2.45) is 5.73 Å². The molecule has 114 valence electrons. The molecule has 0 fully saturated rings. The fourth-order valence-electron chi connectivity index (χ4n) is 2.76. The third-order valence-electron chi connectivity index (χ3n) is 3.95. The topological polar surface area (TPSA) is 63.3 Å². The fraction of sp³-hybridized carbons (Fsp3) is 0.0500. The lowest BCUT2D eigenvalue weighted by molar-refractivity contribution is 0.0999. The standard InChI is InChI=1S/C20H17NO2/c21-19(22)15-8-7-13-18(14-15)20(23,16-9-3-1-4-10-16)17-11-5-2-6-12-17/h1-14,23H,(H2,21,22). The number of hydrogen-bond donors (Lipinski definition) is 2. The number of carbonyl (C=O) groups excluding carboxylic acids is 1. The summed E-state index contributed by atoms with van der Waals surface area (Å²) >= 11 is 0. The molecule has 0 aromatic heterocycles. The summed E-state index contributed by atoms with van der Waals surface area (Å²) in [5.41, 5.74) is 6.46. The van der Waals surface area contributed by atoms with E-state index in [4.69, 9.17) is 5.73 Å². The molecule has 3 N–H and O–H groups in total. The van der Waals surface area contributed by atoms with E-state index >= 15 is 0 Å². The van der Waals surface area contributed by atoms with Crippen LogP contribution < -0.4 is 5.73 Å². The van der Waals surface area contributed by atoms with Crippen LogP contribution in [0.4, 0.5) is 0 Å². The molecule has 0 saturated carbocycles. The van der Waals surface area contributed by atoms with Gasteiger partial charge in [0.15, 0.2) is 0 Å². The maximum absolute atomic E-state index is 11.6. The zero-order valence-corrected chi connectivity index (χ0v) is 12.5. The second-order valence-electron chi connectivity index (χ2n) is 5.39. The third kappa shape index (κ3) is 2.74. The molecule has 1 amide bonds. The van der Waals surface area contributed by atoms with Crippen molar-refractivity contribution < 1.29 is 9.90 Å². The SMILES string of the molecule is NC(=O)c1cccc(C(O)(c2ccccc2)c2ccccc2)c1. The minimum Gasteiger partial charge on any atom is -0.376 e. The molecule has 3 heteroatoms. The number of primary amides is 1. The molecule has 0 aliphatic carbocycles. The highest BCUT2D eigenvalue weighted by Gasteiger charge is 2.33. The highest BCUT2D eigenvalue weighted by Crippen LogP contribution is 2.36. The largest absolute Gasteiger partial charge is 0.376 e. The zero-order chi connectivity index (χ0) is 16.3. The Hall–Kier alpha value is -2.91. The molecule has 3 nitrogen and oxygen atoms in total. The van der Waals surface area contributed by atoms with Crippen LogP contribution in [-0.4, -0.2) is 11.0 Å². The maximum Gasteiger partial charge on any atom is 0.248 e. The second kappa shape index (κ2) is 6.07. The van der Waals surface area contributed by atoms with E-state index in [1.54, 1.807) is 24.3 Å². The predicted octanol–water partition coefficient (Wildman–Crippen LogP) is 3.07. The molecular formula is C20H17NO2. The van der Waals surface area contributed by atoms with Crippen LogP contribution in [0.15, 0.2) is 84.9 Å². The van der Waals surface area contributed by atoms with Crippen molar-refractivity contribution in [3.8, 4) is 0 Å². The van der Waals surface area contributed by atoms with Gasteiger partial charge in [-0.05, 0) is 28.8 Å². The van der Waals surface area contributed by atoms with E-state index in [0.29, 0.717) is 11.1 Å². The molecule has 23 heavy (non-hydrogen) atoms. The lowest BCUT2D eigenvalue weighted by Crippen LogP contribution is -2.29. The molecule has 0 radical (unpaired) electrons. The zero-order valence-electron chi connectivity index (χ0n) is 12.5. The van der Waals surface area contributed by atoms with Crippen molar-refractivity contribution in [2.75, 3.05) is 0 Å². The molecule has 0 spiro atoms. The van der Waals surface area contributed by atoms with Crippen molar-refractivity contribution in [1.29, 1.82) is 0 Å². The van der Waals surface area contributed by atoms with Crippen molar-refractivity contribution in [3.63, 3.8) is 0 Å². The van der Waals surface area contributed by atoms with Gasteiger partial charge in [-0.15, -0.1) is 0 Å². The van der Waals surface area contributed by atoms with Crippen LogP contribution in [0, 0.1) is 0 Å². The molecule has 3 aromatic carbocycles. The lowest BCUT2D eigenvalue weighted by atomic mass is 9.80. The summed E-state index contributed by atoms with van der Waals surface area (Å²) in [4.78, 5) is 11.5. The van der Waals surface area contributed by atoms with Crippen LogP contribution in [0.1, 0.15) is 27.0 Å². The Kier molecular flexibility index (Phi) is 3.96. The first kappa shape index (κ1) is 15.0. The maximum atomic E-state index is 11.6. The normalized spacial score (nSPS) is 11.2. The number of benzene rings is 3. The van der Waals surface area contributed by atoms with Crippen molar-refractivity contribution in [3.05, 3.63) is 107 Å². The summed E-state index contributed by atoms with van der Waals surface area (Å²) in [6.07, 6.45) is 0. The van der Waals surface area contributed by atoms with E-state index in [9.17, 15) is 9.90 Å². The summed E-state index contributed by atoms with van der Waals surface area (Å²) < 4.78 is 0. The molecule has 0 atom stereocenters. The average molecular weight is 303 g/mol. The van der Waals surface area contributed by atoms with Crippen molar-refractivity contribution in [1.82, 2.24) is 0 Å². The highest BCUT2D eigenvalue weighted by atomic mass is 16.3. The van der Waals surface area contributed by atoms with Gasteiger partial charge < -0.3 is 10.8 Å². The van der Waals surface area contributed by atoms with E-state index in [0.717, 1.165) is 11.1 Å². The van der Waals surface area contributed by atoms with Gasteiger partial charge in [-0.25, -0.2) is 0 Å². The Labute approximate surface area is 135 Å². The predicted molar refractivity (Wildman–Crippen MR) is 89.9 cm³/mol. The van der Waals surface area contributed by atoms with E-state index in [2.05, 4.69) is 0 Å². The molecule has 0 bridgehead atoms. The van der Waals surface area contributed by atoms with Gasteiger partial charge in [-0.1, -0.05) is 72.8 Å². The number of rotatable bonds is 4. The van der Waals surface area contributed by atoms with Gasteiger partial charge in [0.25, 0.3) is 0 Å². The monoisotopic (exact) mass is 303 g/mol. The summed E-state index contributed by atoms with van der Waals surface area (Å²) in [5, 5.41) is 11.6. The van der Waals surface area contributed by atoms with Crippen LogP contribution in [0.2, 0.25) is 0 Å². The minimum absolute atomic E-state index is 0.368. The van der Waals surface area contributed by atoms with Crippen LogP contribution in [0.3, 0.4) is 0 Å². The molecule has 3 aromatic rings. The number of nitrogens with two attached hydrogens (primary N) is 1. The molecule has 0 aliphatic rings. The first-order chi connectivity index (χ1) is 11.1. The smallest absolute Gasteiger partial charge is 0.248 e. The molecule has 0 heterocycles. The van der Waals surface area contributed by atoms with Crippen LogP contribution >= 0.6 is 0 Å². The first-order valence-corrected chi connectivity index (χ1v) is 7.36. The van der Waals surface area contributed by atoms with Gasteiger partial charge in [0.1, 0.15) is 5.60 Å². The van der Waals surface area contributed by atoms with Crippen LogP contribution in [0.25, 0.3) is 0 Å². The Morgan fingerprint density at radius 3 is 1.70 bits per heavy atom. The molecule has 3 rings (SSSR count). The summed E-state index contributed by atoms with van der Waals surface area (Å²) in [6, 6.07) is 25.6. The minimum atomic E-state index is -1.35. The number of amides is 1. The van der Waals surface area contributed by atoms with Crippen LogP contribution in [-0.2, 0) is 5.60 Å². The van der Waals surface area contributed by atoms with Gasteiger partial charge in [-0.2, -0.15) is 0 Å². The van der Waals surface area contributed by atoms with Gasteiger partial charge in [-0.3, -0.25) is 4.79 Å². The molecular weight excluding hydrogens is 286 g/mol. The quantitative estimate of drug-likeness (QED) is 0.728. The molecule has 0 saturated heterocycles. The fourth-order valence-corrected chi connectivity index (χ4v) is 2.76. The molecule has 0 unspecified atom stereocenters. The Morgan fingerprint density at radius 2 is 1.22 bits per heavy atom. The lowest BCUT2D eigenvalue weighted by Gasteiger charge is -2.30. The highest BCUT2D eigenvalue weighted by molar-refractivity contribution is 5.93. The van der Waals surface area contributed by atoms with Crippen LogP contribution in [0.5, 0.6) is 0 Å². The number of aliphatic hydroxyl groups is 1. The summed E-state index contributed by atoms with van der Waals surface area (Å²) in [7, 11) is 0. The van der Waals surface area contributed by atoms with Gasteiger partial charge in [0.2, 0.25) is 5.91 Å². The second-order valence-corrected chi connectivity index (χ2v) is 5.39. The average Bonchev–Trinajstić information content (AvgIpc) is 2.62. The van der Waals surface area contributed by atoms with E-state index in [1.165, 1.54) is 0 Å². The Bertz CT molecular complexity index is 774. The number of hydrogen-bond acceptors (Lipinski definition) is 2. The summed E-state index contributed by atoms with van der Waals surface area (Å²) in [6.45, 7) is 0. The first-order valence-electron chi connectivity index (χ1n) is 7.36. The van der Waals surface area contributed by atoms with Gasteiger partial charge in [0.05, 0.1) is 0 Å².